The maximum atomic E-state index is 5.88. The van der Waals surface area contributed by atoms with Crippen molar-refractivity contribution in [3.05, 3.63) is 53.3 Å². The van der Waals surface area contributed by atoms with Crippen molar-refractivity contribution in [3.8, 4) is 0 Å². The normalized spacial score (nSPS) is 17.8. The maximum absolute atomic E-state index is 5.88. The summed E-state index contributed by atoms with van der Waals surface area (Å²) < 4.78 is 0. The van der Waals surface area contributed by atoms with E-state index in [0.717, 1.165) is 12.1 Å². The van der Waals surface area contributed by atoms with Crippen LogP contribution in [0.25, 0.3) is 0 Å². The number of fused-ring (bicyclic) bond motifs is 1. The van der Waals surface area contributed by atoms with Crippen LogP contribution in [0.1, 0.15) is 35.6 Å². The van der Waals surface area contributed by atoms with E-state index in [1.807, 2.05) is 24.5 Å². The van der Waals surface area contributed by atoms with Crippen LogP contribution in [0.4, 0.5) is 11.4 Å². The van der Waals surface area contributed by atoms with Crippen molar-refractivity contribution >= 4 is 11.4 Å². The fraction of sp³-hybridized carbons (Fsp3) is 0.312. The lowest BCUT2D eigenvalue weighted by Gasteiger charge is -2.28. The number of nitrogens with two attached hydrogens (primary N) is 1. The largest absolute Gasteiger partial charge is 0.399 e. The van der Waals surface area contributed by atoms with Crippen molar-refractivity contribution in [3.63, 3.8) is 0 Å². The zero-order valence-electron chi connectivity index (χ0n) is 11.2. The minimum Gasteiger partial charge on any atom is -0.399 e. The number of nitrogens with one attached hydrogen (secondary N) is 1. The SMILES string of the molecule is Cc1cnccc1NC1CCCc2cc(N)ccc21. The monoisotopic (exact) mass is 253 g/mol. The molecule has 0 fully saturated rings. The van der Waals surface area contributed by atoms with Crippen LogP contribution in [0, 0.1) is 6.92 Å². The van der Waals surface area contributed by atoms with Gasteiger partial charge in [0.05, 0.1) is 6.04 Å². The third kappa shape index (κ3) is 2.41. The highest BCUT2D eigenvalue weighted by atomic mass is 14.9. The van der Waals surface area contributed by atoms with Crippen LogP contribution in [0.3, 0.4) is 0 Å². The fourth-order valence-electron chi connectivity index (χ4n) is 2.81. The summed E-state index contributed by atoms with van der Waals surface area (Å²) >= 11 is 0. The first-order valence-corrected chi connectivity index (χ1v) is 6.79. The maximum Gasteiger partial charge on any atom is 0.0516 e. The highest BCUT2D eigenvalue weighted by Crippen LogP contribution is 2.33. The number of aryl methyl sites for hydroxylation is 2. The number of benzene rings is 1. The molecule has 0 spiro atoms. The number of hydrogen-bond donors (Lipinski definition) is 2. The lowest BCUT2D eigenvalue weighted by Crippen LogP contribution is -2.18. The van der Waals surface area contributed by atoms with Gasteiger partial charge in [0, 0.05) is 23.8 Å². The van der Waals surface area contributed by atoms with E-state index in [4.69, 9.17) is 5.73 Å². The van der Waals surface area contributed by atoms with Crippen LogP contribution >= 0.6 is 0 Å². The van der Waals surface area contributed by atoms with E-state index in [9.17, 15) is 0 Å². The van der Waals surface area contributed by atoms with Crippen LogP contribution in [0.2, 0.25) is 0 Å². The van der Waals surface area contributed by atoms with Crippen LogP contribution in [0.15, 0.2) is 36.7 Å². The summed E-state index contributed by atoms with van der Waals surface area (Å²) in [5.41, 5.74) is 11.9. The highest BCUT2D eigenvalue weighted by Gasteiger charge is 2.20. The van der Waals surface area contributed by atoms with Gasteiger partial charge < -0.3 is 11.1 Å². The Morgan fingerprint density at radius 2 is 2.21 bits per heavy atom. The molecule has 2 aromatic rings. The third-order valence-electron chi connectivity index (χ3n) is 3.83. The Bertz CT molecular complexity index is 592. The van der Waals surface area contributed by atoms with Crippen molar-refractivity contribution < 1.29 is 0 Å². The molecule has 1 aromatic carbocycles. The van der Waals surface area contributed by atoms with E-state index >= 15 is 0 Å². The molecule has 3 rings (SSSR count). The second kappa shape index (κ2) is 4.92. The van der Waals surface area contributed by atoms with Gasteiger partial charge in [-0.05, 0) is 61.1 Å². The van der Waals surface area contributed by atoms with Crippen molar-refractivity contribution in [2.45, 2.75) is 32.2 Å². The Morgan fingerprint density at radius 3 is 3.05 bits per heavy atom. The zero-order valence-corrected chi connectivity index (χ0v) is 11.2. The number of aromatic nitrogens is 1. The smallest absolute Gasteiger partial charge is 0.0516 e. The molecule has 0 bridgehead atoms. The molecular formula is C16H19N3. The van der Waals surface area contributed by atoms with Crippen molar-refractivity contribution in [2.75, 3.05) is 11.1 Å². The molecule has 1 heterocycles. The molecule has 1 aliphatic carbocycles. The van der Waals surface area contributed by atoms with Gasteiger partial charge in [0.2, 0.25) is 0 Å². The van der Waals surface area contributed by atoms with Gasteiger partial charge in [-0.3, -0.25) is 4.98 Å². The van der Waals surface area contributed by atoms with Crippen LogP contribution in [-0.4, -0.2) is 4.98 Å². The highest BCUT2D eigenvalue weighted by molar-refractivity contribution is 5.53. The lowest BCUT2D eigenvalue weighted by atomic mass is 9.87. The first kappa shape index (κ1) is 12.0. The summed E-state index contributed by atoms with van der Waals surface area (Å²) in [5, 5.41) is 3.64. The number of hydrogen-bond acceptors (Lipinski definition) is 3. The number of nitrogen functional groups attached to an aromatic ring is 1. The van der Waals surface area contributed by atoms with Gasteiger partial charge in [-0.25, -0.2) is 0 Å². The molecule has 1 atom stereocenters. The van der Waals surface area contributed by atoms with Crippen LogP contribution in [0.5, 0.6) is 0 Å². The third-order valence-corrected chi connectivity index (χ3v) is 3.83. The predicted octanol–water partition coefficient (Wildman–Crippen LogP) is 3.46. The summed E-state index contributed by atoms with van der Waals surface area (Å²) in [6.45, 7) is 2.09. The first-order chi connectivity index (χ1) is 9.24. The molecule has 0 saturated heterocycles. The Kier molecular flexibility index (Phi) is 3.11. The van der Waals surface area contributed by atoms with Gasteiger partial charge in [0.15, 0.2) is 0 Å². The summed E-state index contributed by atoms with van der Waals surface area (Å²) in [7, 11) is 0. The van der Waals surface area contributed by atoms with E-state index in [1.54, 1.807) is 0 Å². The van der Waals surface area contributed by atoms with E-state index < -0.39 is 0 Å². The lowest BCUT2D eigenvalue weighted by molar-refractivity contribution is 0.600. The van der Waals surface area contributed by atoms with Gasteiger partial charge in [-0.2, -0.15) is 0 Å². The van der Waals surface area contributed by atoms with Crippen molar-refractivity contribution in [1.82, 2.24) is 4.98 Å². The average molecular weight is 253 g/mol. The number of pyridine rings is 1. The quantitative estimate of drug-likeness (QED) is 0.806. The molecular weight excluding hydrogens is 234 g/mol. The van der Waals surface area contributed by atoms with Gasteiger partial charge in [0.25, 0.3) is 0 Å². The predicted molar refractivity (Wildman–Crippen MR) is 79.1 cm³/mol. The molecule has 3 nitrogen and oxygen atoms in total. The van der Waals surface area contributed by atoms with Crippen LogP contribution < -0.4 is 11.1 Å². The number of rotatable bonds is 2. The first-order valence-electron chi connectivity index (χ1n) is 6.79. The molecule has 1 aliphatic rings. The van der Waals surface area contributed by atoms with Gasteiger partial charge in [0.1, 0.15) is 0 Å². The zero-order chi connectivity index (χ0) is 13.2. The molecule has 0 amide bonds. The Labute approximate surface area is 113 Å². The minimum absolute atomic E-state index is 0.380. The fourth-order valence-corrected chi connectivity index (χ4v) is 2.81. The molecule has 19 heavy (non-hydrogen) atoms. The van der Waals surface area contributed by atoms with Gasteiger partial charge in [-0.15, -0.1) is 0 Å². The van der Waals surface area contributed by atoms with Gasteiger partial charge in [-0.1, -0.05) is 6.07 Å². The minimum atomic E-state index is 0.380. The number of nitrogens with zero attached hydrogens (tertiary/aromatic N) is 1. The summed E-state index contributed by atoms with van der Waals surface area (Å²) in [4.78, 5) is 4.14. The summed E-state index contributed by atoms with van der Waals surface area (Å²) in [6, 6.07) is 8.70. The molecule has 0 radical (unpaired) electrons. The molecule has 98 valence electrons. The Hall–Kier alpha value is -2.03. The van der Waals surface area contributed by atoms with Crippen molar-refractivity contribution in [1.29, 1.82) is 0 Å². The molecule has 1 unspecified atom stereocenters. The van der Waals surface area contributed by atoms with Gasteiger partial charge >= 0.3 is 0 Å². The Morgan fingerprint density at radius 1 is 1.32 bits per heavy atom. The second-order valence-electron chi connectivity index (χ2n) is 5.24. The molecule has 0 saturated carbocycles. The number of anilines is 2. The Balaban J connectivity index is 1.90. The van der Waals surface area contributed by atoms with Crippen molar-refractivity contribution in [2.24, 2.45) is 0 Å². The second-order valence-corrected chi connectivity index (χ2v) is 5.24. The summed E-state index contributed by atoms with van der Waals surface area (Å²) in [5.74, 6) is 0. The van der Waals surface area contributed by atoms with E-state index in [-0.39, 0.29) is 0 Å². The van der Waals surface area contributed by atoms with E-state index in [2.05, 4.69) is 29.4 Å². The molecule has 1 aromatic heterocycles. The average Bonchev–Trinajstić information content (AvgIpc) is 2.41. The van der Waals surface area contributed by atoms with Crippen LogP contribution in [-0.2, 0) is 6.42 Å². The topological polar surface area (TPSA) is 50.9 Å². The van der Waals surface area contributed by atoms with E-state index in [1.165, 1.54) is 35.2 Å². The summed E-state index contributed by atoms with van der Waals surface area (Å²) in [6.07, 6.45) is 7.24. The van der Waals surface area contributed by atoms with E-state index in [0.29, 0.717) is 6.04 Å². The molecule has 0 aliphatic heterocycles. The molecule has 3 heteroatoms. The standard InChI is InChI=1S/C16H19N3/c1-11-10-18-8-7-15(11)19-16-4-2-3-12-9-13(17)5-6-14(12)16/h5-10,16H,2-4,17H2,1H3,(H,18,19). The molecule has 3 N–H and O–H groups in total.